The summed E-state index contributed by atoms with van der Waals surface area (Å²) in [5.41, 5.74) is 1.16. The molecule has 1 atom stereocenters. The molecule has 1 aliphatic heterocycles. The highest BCUT2D eigenvalue weighted by molar-refractivity contribution is 7.89. The third-order valence-corrected chi connectivity index (χ3v) is 7.90. The lowest BCUT2D eigenvalue weighted by molar-refractivity contribution is -0.274. The van der Waals surface area contributed by atoms with Crippen LogP contribution in [0.2, 0.25) is 0 Å². The van der Waals surface area contributed by atoms with E-state index >= 15 is 0 Å². The van der Waals surface area contributed by atoms with E-state index in [1.165, 1.54) is 4.90 Å². The number of carbonyl (C=O) groups excluding carboxylic acids is 2. The summed E-state index contributed by atoms with van der Waals surface area (Å²) in [6.45, 7) is 6.72. The van der Waals surface area contributed by atoms with Crippen LogP contribution in [0.5, 0.6) is 5.75 Å². The molecule has 13 heteroatoms. The molecule has 1 fully saturated rings. The average molecular weight is 586 g/mol. The van der Waals surface area contributed by atoms with Gasteiger partial charge >= 0.3 is 12.5 Å². The Labute approximate surface area is 232 Å². The van der Waals surface area contributed by atoms with Crippen molar-refractivity contribution in [3.63, 3.8) is 0 Å². The number of piperazine rings is 1. The molecule has 220 valence electrons. The first-order valence-corrected chi connectivity index (χ1v) is 14.2. The number of hydrogen-bond acceptors (Lipinski definition) is 6. The zero-order valence-corrected chi connectivity index (χ0v) is 23.6. The summed E-state index contributed by atoms with van der Waals surface area (Å²) in [4.78, 5) is 27.0. The number of benzene rings is 2. The summed E-state index contributed by atoms with van der Waals surface area (Å²) in [7, 11) is -4.34. The van der Waals surface area contributed by atoms with Crippen molar-refractivity contribution in [2.75, 3.05) is 19.6 Å². The van der Waals surface area contributed by atoms with Crippen LogP contribution in [-0.4, -0.2) is 67.3 Å². The highest BCUT2D eigenvalue weighted by Gasteiger charge is 2.42. The lowest BCUT2D eigenvalue weighted by atomic mass is 10.1. The van der Waals surface area contributed by atoms with Crippen LogP contribution < -0.4 is 10.1 Å². The Hall–Kier alpha value is -3.32. The van der Waals surface area contributed by atoms with Crippen molar-refractivity contribution >= 4 is 22.0 Å². The molecular weight excluding hydrogens is 551 g/mol. The largest absolute Gasteiger partial charge is 0.573 e. The molecule has 0 unspecified atom stereocenters. The number of nitrogens with one attached hydrogen (secondary N) is 1. The fourth-order valence-electron chi connectivity index (χ4n) is 4.13. The zero-order valence-electron chi connectivity index (χ0n) is 22.8. The Morgan fingerprint density at radius 2 is 1.57 bits per heavy atom. The third kappa shape index (κ3) is 8.59. The predicted octanol–water partition coefficient (Wildman–Crippen LogP) is 4.46. The van der Waals surface area contributed by atoms with Crippen LogP contribution in [0.3, 0.4) is 0 Å². The van der Waals surface area contributed by atoms with Crippen molar-refractivity contribution in [1.29, 1.82) is 0 Å². The van der Waals surface area contributed by atoms with Crippen LogP contribution >= 0.6 is 0 Å². The van der Waals surface area contributed by atoms with Gasteiger partial charge in [0, 0.05) is 26.2 Å². The molecule has 9 nitrogen and oxygen atoms in total. The minimum atomic E-state index is -4.93. The Bertz CT molecular complexity index is 1280. The summed E-state index contributed by atoms with van der Waals surface area (Å²) >= 11 is 0. The second kappa shape index (κ2) is 12.5. The predicted molar refractivity (Wildman–Crippen MR) is 141 cm³/mol. The monoisotopic (exact) mass is 585 g/mol. The van der Waals surface area contributed by atoms with Gasteiger partial charge in [0.05, 0.1) is 4.90 Å². The molecular formula is C27H34F3N3O6S. The number of ether oxygens (including phenoxy) is 2. The molecule has 0 spiro atoms. The topological polar surface area (TPSA) is 105 Å². The maximum absolute atomic E-state index is 13.5. The van der Waals surface area contributed by atoms with Crippen molar-refractivity contribution < 1.29 is 40.7 Å². The van der Waals surface area contributed by atoms with E-state index in [2.05, 4.69) is 17.0 Å². The maximum Gasteiger partial charge on any atom is 0.573 e. The molecule has 0 bridgehead atoms. The third-order valence-electron chi connectivity index (χ3n) is 5.98. The second-order valence-corrected chi connectivity index (χ2v) is 12.3. The van der Waals surface area contributed by atoms with Crippen LogP contribution in [0.25, 0.3) is 0 Å². The number of halogens is 3. The molecule has 3 rings (SSSR count). The molecule has 1 saturated heterocycles. The average Bonchev–Trinajstić information content (AvgIpc) is 2.86. The van der Waals surface area contributed by atoms with E-state index in [1.54, 1.807) is 20.8 Å². The van der Waals surface area contributed by atoms with E-state index in [0.29, 0.717) is 0 Å². The minimum Gasteiger partial charge on any atom is -0.444 e. The second-order valence-electron chi connectivity index (χ2n) is 10.4. The Kier molecular flexibility index (Phi) is 9.72. The number of carbonyl (C=O) groups is 2. The molecule has 40 heavy (non-hydrogen) atoms. The first kappa shape index (κ1) is 31.2. The van der Waals surface area contributed by atoms with E-state index in [4.69, 9.17) is 4.74 Å². The zero-order chi connectivity index (χ0) is 29.7. The van der Waals surface area contributed by atoms with Gasteiger partial charge in [0.2, 0.25) is 15.9 Å². The van der Waals surface area contributed by atoms with E-state index in [1.807, 2.05) is 24.3 Å². The fourth-order valence-corrected chi connectivity index (χ4v) is 5.70. The summed E-state index contributed by atoms with van der Waals surface area (Å²) in [6.07, 6.45) is -3.71. The lowest BCUT2D eigenvalue weighted by Gasteiger charge is -2.39. The van der Waals surface area contributed by atoms with Crippen LogP contribution in [0.1, 0.15) is 45.2 Å². The van der Waals surface area contributed by atoms with Gasteiger partial charge in [-0.1, -0.05) is 37.6 Å². The van der Waals surface area contributed by atoms with E-state index in [9.17, 15) is 31.2 Å². The highest BCUT2D eigenvalue weighted by Crippen LogP contribution is 2.27. The van der Waals surface area contributed by atoms with E-state index < -0.39 is 45.8 Å². The first-order chi connectivity index (χ1) is 18.6. The smallest absolute Gasteiger partial charge is 0.444 e. The van der Waals surface area contributed by atoms with Gasteiger partial charge in [-0.3, -0.25) is 4.79 Å². The summed E-state index contributed by atoms with van der Waals surface area (Å²) < 4.78 is 74.8. The normalized spacial score (nSPS) is 16.9. The van der Waals surface area contributed by atoms with Gasteiger partial charge in [-0.15, -0.1) is 13.2 Å². The quantitative estimate of drug-likeness (QED) is 0.491. The van der Waals surface area contributed by atoms with Gasteiger partial charge in [-0.05, 0) is 62.6 Å². The number of aryl methyl sites for hydroxylation is 1. The number of hydrogen-bond donors (Lipinski definition) is 1. The number of amides is 2. The van der Waals surface area contributed by atoms with Crippen molar-refractivity contribution in [3.8, 4) is 5.75 Å². The Morgan fingerprint density at radius 1 is 0.975 bits per heavy atom. The van der Waals surface area contributed by atoms with Gasteiger partial charge in [-0.25, -0.2) is 13.2 Å². The lowest BCUT2D eigenvalue weighted by Crippen LogP contribution is -2.61. The van der Waals surface area contributed by atoms with Crippen LogP contribution in [0.15, 0.2) is 53.4 Å². The van der Waals surface area contributed by atoms with Crippen molar-refractivity contribution in [2.45, 2.75) is 70.0 Å². The van der Waals surface area contributed by atoms with Gasteiger partial charge in [0.25, 0.3) is 0 Å². The Balaban J connectivity index is 1.83. The van der Waals surface area contributed by atoms with Gasteiger partial charge in [-0.2, -0.15) is 4.31 Å². The van der Waals surface area contributed by atoms with Gasteiger partial charge < -0.3 is 19.7 Å². The molecule has 0 radical (unpaired) electrons. The number of rotatable bonds is 8. The Morgan fingerprint density at radius 3 is 2.12 bits per heavy atom. The molecule has 2 aromatic rings. The molecule has 2 aromatic carbocycles. The molecule has 1 N–H and O–H groups in total. The number of sulfonamides is 1. The van der Waals surface area contributed by atoms with Crippen molar-refractivity contribution in [3.05, 3.63) is 59.7 Å². The molecule has 0 aliphatic carbocycles. The molecule has 0 aromatic heterocycles. The molecule has 1 heterocycles. The van der Waals surface area contributed by atoms with Gasteiger partial charge in [0.15, 0.2) is 0 Å². The summed E-state index contributed by atoms with van der Waals surface area (Å²) in [6, 6.07) is 10.1. The maximum atomic E-state index is 13.5. The number of alkyl halides is 3. The van der Waals surface area contributed by atoms with Gasteiger partial charge in [0.1, 0.15) is 17.4 Å². The van der Waals surface area contributed by atoms with E-state index in [0.717, 1.165) is 52.5 Å². The van der Waals surface area contributed by atoms with E-state index in [-0.39, 0.29) is 31.1 Å². The summed E-state index contributed by atoms with van der Waals surface area (Å²) in [5.74, 6) is -1.22. The van der Waals surface area contributed by atoms with Crippen molar-refractivity contribution in [1.82, 2.24) is 14.5 Å². The SMILES string of the molecule is CCCc1ccc(CNC(=O)[C@H]2CN(C(=O)OC(C)(C)C)CCN2S(=O)(=O)c2ccc(OC(F)(F)F)cc2)cc1. The molecule has 0 saturated carbocycles. The van der Waals surface area contributed by atoms with Crippen LogP contribution in [-0.2, 0) is 32.5 Å². The fraction of sp³-hybridized carbons (Fsp3) is 0.481. The number of nitrogens with zero attached hydrogens (tertiary/aromatic N) is 2. The summed E-state index contributed by atoms with van der Waals surface area (Å²) in [5, 5.41) is 2.75. The molecule has 1 aliphatic rings. The van der Waals surface area contributed by atoms with Crippen LogP contribution in [0, 0.1) is 0 Å². The molecule has 2 amide bonds. The van der Waals surface area contributed by atoms with Crippen LogP contribution in [0.4, 0.5) is 18.0 Å². The highest BCUT2D eigenvalue weighted by atomic mass is 32.2. The first-order valence-electron chi connectivity index (χ1n) is 12.8. The standard InChI is InChI=1S/C27H34F3N3O6S/c1-5-6-19-7-9-20(10-8-19)17-31-24(34)23-18-32(25(35)39-26(2,3)4)15-16-33(23)40(36,37)22-13-11-21(12-14-22)38-27(28,29)30/h7-14,23H,5-6,15-18H2,1-4H3,(H,31,34)/t23-/m1/s1. The minimum absolute atomic E-state index is 0.0495. The van der Waals surface area contributed by atoms with Crippen molar-refractivity contribution in [2.24, 2.45) is 0 Å².